The van der Waals surface area contributed by atoms with Crippen molar-refractivity contribution in [2.24, 2.45) is 11.8 Å². The number of aliphatic hydroxyl groups excluding tert-OH is 1. The quantitative estimate of drug-likeness (QED) is 0.627. The smallest absolute Gasteiger partial charge is 0.259 e. The van der Waals surface area contributed by atoms with E-state index in [-0.39, 0.29) is 36.3 Å². The molecule has 37 heavy (non-hydrogen) atoms. The van der Waals surface area contributed by atoms with Crippen LogP contribution < -0.4 is 4.74 Å². The van der Waals surface area contributed by atoms with E-state index in [4.69, 9.17) is 4.74 Å². The molecule has 0 saturated heterocycles. The number of rotatable bonds is 5. The van der Waals surface area contributed by atoms with Gasteiger partial charge < -0.3 is 19.6 Å². The summed E-state index contributed by atoms with van der Waals surface area (Å²) in [6.07, 6.45) is 10.3. The number of carbonyl (C=O) groups excluding carboxylic acids is 2. The summed E-state index contributed by atoms with van der Waals surface area (Å²) in [5.41, 5.74) is 1.55. The third-order valence-corrected chi connectivity index (χ3v) is 7.27. The van der Waals surface area contributed by atoms with Gasteiger partial charge in [-0.25, -0.2) is 4.98 Å². The number of pyridine rings is 2. The fourth-order valence-corrected chi connectivity index (χ4v) is 4.89. The van der Waals surface area contributed by atoms with Gasteiger partial charge in [0.25, 0.3) is 11.8 Å². The predicted molar refractivity (Wildman–Crippen MR) is 140 cm³/mol. The summed E-state index contributed by atoms with van der Waals surface area (Å²) >= 11 is 0. The van der Waals surface area contributed by atoms with E-state index in [2.05, 4.69) is 21.8 Å². The topological polar surface area (TPSA) is 95.9 Å². The zero-order chi connectivity index (χ0) is 26.4. The number of aromatic nitrogens is 2. The highest BCUT2D eigenvalue weighted by Crippen LogP contribution is 2.28. The van der Waals surface area contributed by atoms with Gasteiger partial charge in [-0.15, -0.1) is 0 Å². The maximum absolute atomic E-state index is 13.6. The SMILES string of the molecule is C[C@H](CO)N1C[C@H](C)[C@H](CN(C)C(=O)c2ccncc2)Oc2ncc(C#CC3CCCCC3)cc2C1=O. The number of nitrogens with zero attached hydrogens (tertiary/aromatic N) is 4. The molecule has 2 aromatic heterocycles. The molecule has 1 N–H and O–H groups in total. The highest BCUT2D eigenvalue weighted by atomic mass is 16.5. The summed E-state index contributed by atoms with van der Waals surface area (Å²) in [6.45, 7) is 4.33. The van der Waals surface area contributed by atoms with Gasteiger partial charge in [0.1, 0.15) is 11.7 Å². The Kier molecular flexibility index (Phi) is 8.78. The van der Waals surface area contributed by atoms with Gasteiger partial charge in [0.05, 0.1) is 19.2 Å². The van der Waals surface area contributed by atoms with Crippen LogP contribution in [0.5, 0.6) is 5.88 Å². The van der Waals surface area contributed by atoms with E-state index < -0.39 is 6.10 Å². The van der Waals surface area contributed by atoms with Gasteiger partial charge in [-0.3, -0.25) is 14.6 Å². The summed E-state index contributed by atoms with van der Waals surface area (Å²) in [5, 5.41) is 9.87. The first-order valence-electron chi connectivity index (χ1n) is 13.1. The third kappa shape index (κ3) is 6.47. The zero-order valence-electron chi connectivity index (χ0n) is 21.9. The van der Waals surface area contributed by atoms with Crippen molar-refractivity contribution in [1.29, 1.82) is 0 Å². The average molecular weight is 505 g/mol. The van der Waals surface area contributed by atoms with Gasteiger partial charge in [0.15, 0.2) is 0 Å². The van der Waals surface area contributed by atoms with E-state index in [1.54, 1.807) is 53.6 Å². The Morgan fingerprint density at radius 3 is 2.70 bits per heavy atom. The Bertz CT molecular complexity index is 1150. The maximum atomic E-state index is 13.6. The van der Waals surface area contributed by atoms with Gasteiger partial charge >= 0.3 is 0 Å². The van der Waals surface area contributed by atoms with Crippen LogP contribution in [-0.4, -0.2) is 75.6 Å². The van der Waals surface area contributed by atoms with Crippen LogP contribution in [0, 0.1) is 23.7 Å². The Morgan fingerprint density at radius 1 is 1.27 bits per heavy atom. The molecular weight excluding hydrogens is 468 g/mol. The van der Waals surface area contributed by atoms with Gasteiger partial charge in [0.2, 0.25) is 5.88 Å². The van der Waals surface area contributed by atoms with E-state index in [0.717, 1.165) is 12.8 Å². The normalized spacial score (nSPS) is 21.0. The van der Waals surface area contributed by atoms with Crippen molar-refractivity contribution in [1.82, 2.24) is 19.8 Å². The van der Waals surface area contributed by atoms with Crippen molar-refractivity contribution in [2.45, 2.75) is 58.1 Å². The highest BCUT2D eigenvalue weighted by molar-refractivity contribution is 5.97. The molecule has 2 aliphatic rings. The molecule has 0 aromatic carbocycles. The van der Waals surface area contributed by atoms with Gasteiger partial charge in [-0.2, -0.15) is 0 Å². The number of ether oxygens (including phenoxy) is 1. The molecule has 8 nitrogen and oxygen atoms in total. The molecule has 196 valence electrons. The lowest BCUT2D eigenvalue weighted by Crippen LogP contribution is -2.50. The van der Waals surface area contributed by atoms with Crippen LogP contribution in [0.3, 0.4) is 0 Å². The van der Waals surface area contributed by atoms with Crippen molar-refractivity contribution in [3.63, 3.8) is 0 Å². The predicted octanol–water partition coefficient (Wildman–Crippen LogP) is 3.40. The molecule has 1 fully saturated rings. The fourth-order valence-electron chi connectivity index (χ4n) is 4.89. The van der Waals surface area contributed by atoms with E-state index in [1.807, 2.05) is 13.8 Å². The van der Waals surface area contributed by atoms with Gasteiger partial charge in [-0.1, -0.05) is 38.0 Å². The van der Waals surface area contributed by atoms with E-state index in [1.165, 1.54) is 19.3 Å². The van der Waals surface area contributed by atoms with Crippen LogP contribution in [-0.2, 0) is 0 Å². The molecule has 0 bridgehead atoms. The number of aliphatic hydroxyl groups is 1. The van der Waals surface area contributed by atoms with E-state index in [0.29, 0.717) is 35.7 Å². The van der Waals surface area contributed by atoms with Crippen LogP contribution >= 0.6 is 0 Å². The zero-order valence-corrected chi connectivity index (χ0v) is 21.9. The minimum Gasteiger partial charge on any atom is -0.472 e. The summed E-state index contributed by atoms with van der Waals surface area (Å²) in [5.74, 6) is 6.69. The standard InChI is InChI=1S/C29H36N4O4/c1-20-17-33(21(2)19-34)29(36)25-15-23(10-9-22-7-5-4-6-8-22)16-31-27(25)37-26(20)18-32(3)28(35)24-11-13-30-14-12-24/h11-16,20-22,26,34H,4-8,17-19H2,1-3H3/t20-,21+,26-/m0/s1. The van der Waals surface area contributed by atoms with Crippen LogP contribution in [0.15, 0.2) is 36.8 Å². The lowest BCUT2D eigenvalue weighted by molar-refractivity contribution is 0.0313. The highest BCUT2D eigenvalue weighted by Gasteiger charge is 2.34. The summed E-state index contributed by atoms with van der Waals surface area (Å²) in [7, 11) is 1.73. The molecule has 2 amide bonds. The van der Waals surface area contributed by atoms with E-state index in [9.17, 15) is 14.7 Å². The van der Waals surface area contributed by atoms with Crippen LogP contribution in [0.4, 0.5) is 0 Å². The molecule has 0 unspecified atom stereocenters. The number of carbonyl (C=O) groups is 2. The Hall–Kier alpha value is -3.44. The second kappa shape index (κ2) is 12.2. The third-order valence-electron chi connectivity index (χ3n) is 7.27. The number of likely N-dealkylation sites (N-methyl/N-ethyl adjacent to an activating group) is 1. The van der Waals surface area contributed by atoms with E-state index >= 15 is 0 Å². The summed E-state index contributed by atoms with van der Waals surface area (Å²) in [4.78, 5) is 38.3. The molecule has 1 saturated carbocycles. The summed E-state index contributed by atoms with van der Waals surface area (Å²) in [6, 6.07) is 4.72. The molecule has 1 aliphatic heterocycles. The summed E-state index contributed by atoms with van der Waals surface area (Å²) < 4.78 is 6.31. The van der Waals surface area contributed by atoms with Crippen molar-refractivity contribution in [2.75, 3.05) is 26.7 Å². The second-order valence-electron chi connectivity index (χ2n) is 10.2. The number of amides is 2. The fraction of sp³-hybridized carbons (Fsp3) is 0.517. The first-order chi connectivity index (χ1) is 17.9. The number of hydrogen-bond donors (Lipinski definition) is 1. The van der Waals surface area contributed by atoms with Crippen molar-refractivity contribution in [3.05, 3.63) is 53.5 Å². The number of hydrogen-bond acceptors (Lipinski definition) is 6. The molecule has 0 radical (unpaired) electrons. The van der Waals surface area contributed by atoms with Crippen LogP contribution in [0.1, 0.15) is 72.2 Å². The molecule has 2 aromatic rings. The molecule has 8 heteroatoms. The molecule has 1 aliphatic carbocycles. The molecule has 4 rings (SSSR count). The average Bonchev–Trinajstić information content (AvgIpc) is 2.94. The minimum atomic E-state index is -0.414. The number of fused-ring (bicyclic) bond motifs is 1. The van der Waals surface area contributed by atoms with Crippen molar-refractivity contribution < 1.29 is 19.4 Å². The van der Waals surface area contributed by atoms with Gasteiger partial charge in [-0.05, 0) is 38.0 Å². The molecule has 0 spiro atoms. The van der Waals surface area contributed by atoms with Gasteiger partial charge in [0, 0.05) is 55.1 Å². The lowest BCUT2D eigenvalue weighted by Gasteiger charge is -2.37. The lowest BCUT2D eigenvalue weighted by atomic mass is 9.90. The second-order valence-corrected chi connectivity index (χ2v) is 10.2. The minimum absolute atomic E-state index is 0.119. The maximum Gasteiger partial charge on any atom is 0.259 e. The first-order valence-corrected chi connectivity index (χ1v) is 13.1. The first kappa shape index (κ1) is 26.6. The Labute approximate surface area is 219 Å². The molecular formula is C29H36N4O4. The molecule has 3 heterocycles. The monoisotopic (exact) mass is 504 g/mol. The Balaban J connectivity index is 1.62. The van der Waals surface area contributed by atoms with Crippen molar-refractivity contribution >= 4 is 11.8 Å². The van der Waals surface area contributed by atoms with Crippen LogP contribution in [0.2, 0.25) is 0 Å². The largest absolute Gasteiger partial charge is 0.472 e. The van der Waals surface area contributed by atoms with Crippen molar-refractivity contribution in [3.8, 4) is 17.7 Å². The molecule has 3 atom stereocenters. The van der Waals surface area contributed by atoms with Crippen LogP contribution in [0.25, 0.3) is 0 Å². The Morgan fingerprint density at radius 2 is 2.00 bits per heavy atom.